The van der Waals surface area contributed by atoms with E-state index in [1.165, 1.54) is 45.1 Å². The molecule has 0 aliphatic heterocycles. The second-order valence-corrected chi connectivity index (χ2v) is 5.01. The zero-order valence-corrected chi connectivity index (χ0v) is 10.2. The van der Waals surface area contributed by atoms with Crippen LogP contribution in [0.2, 0.25) is 0 Å². The molecule has 0 spiro atoms. The Balaban J connectivity index is 2.53. The van der Waals surface area contributed by atoms with E-state index in [1.807, 2.05) is 0 Å². The second kappa shape index (κ2) is 6.44. The van der Waals surface area contributed by atoms with Crippen LogP contribution in [-0.4, -0.2) is 13.6 Å². The Bertz CT molecular complexity index is 144. The molecular weight excluding hydrogens is 170 g/mol. The molecule has 0 heterocycles. The van der Waals surface area contributed by atoms with Gasteiger partial charge in [-0.05, 0) is 44.2 Å². The molecule has 1 nitrogen and oxygen atoms in total. The lowest BCUT2D eigenvalue weighted by atomic mass is 9.78. The van der Waals surface area contributed by atoms with Gasteiger partial charge in [-0.1, -0.05) is 39.5 Å². The average molecular weight is 197 g/mol. The van der Waals surface area contributed by atoms with Gasteiger partial charge >= 0.3 is 0 Å². The molecule has 3 unspecified atom stereocenters. The molecule has 84 valence electrons. The van der Waals surface area contributed by atoms with Crippen LogP contribution in [0.5, 0.6) is 0 Å². The molecule has 0 aromatic rings. The summed E-state index contributed by atoms with van der Waals surface area (Å²) in [6, 6.07) is 0. The molecule has 1 fully saturated rings. The highest BCUT2D eigenvalue weighted by Gasteiger charge is 2.26. The Morgan fingerprint density at radius 3 is 2.57 bits per heavy atom. The molecule has 3 atom stereocenters. The van der Waals surface area contributed by atoms with Gasteiger partial charge in [-0.2, -0.15) is 0 Å². The summed E-state index contributed by atoms with van der Waals surface area (Å²) >= 11 is 0. The van der Waals surface area contributed by atoms with Gasteiger partial charge in [0.2, 0.25) is 0 Å². The summed E-state index contributed by atoms with van der Waals surface area (Å²) in [4.78, 5) is 0. The molecule has 0 radical (unpaired) electrons. The first-order valence-corrected chi connectivity index (χ1v) is 6.44. The van der Waals surface area contributed by atoms with E-state index in [0.717, 1.165) is 17.8 Å². The SMILES string of the molecule is CCC(C)C1CCCCCC1CNC. The fourth-order valence-corrected chi connectivity index (χ4v) is 2.98. The maximum atomic E-state index is 3.37. The third kappa shape index (κ3) is 3.27. The molecule has 1 aliphatic carbocycles. The van der Waals surface area contributed by atoms with Crippen molar-refractivity contribution in [1.82, 2.24) is 5.32 Å². The largest absolute Gasteiger partial charge is 0.319 e. The zero-order valence-electron chi connectivity index (χ0n) is 10.2. The number of hydrogen-bond donors (Lipinski definition) is 1. The molecule has 14 heavy (non-hydrogen) atoms. The molecular formula is C13H27N. The van der Waals surface area contributed by atoms with Crippen molar-refractivity contribution in [3.8, 4) is 0 Å². The van der Waals surface area contributed by atoms with Gasteiger partial charge in [0.05, 0.1) is 0 Å². The molecule has 0 amide bonds. The van der Waals surface area contributed by atoms with Crippen molar-refractivity contribution in [2.75, 3.05) is 13.6 Å². The Kier molecular flexibility index (Phi) is 5.54. The second-order valence-electron chi connectivity index (χ2n) is 5.01. The van der Waals surface area contributed by atoms with E-state index in [1.54, 1.807) is 0 Å². The first kappa shape index (κ1) is 12.0. The van der Waals surface area contributed by atoms with Crippen LogP contribution in [0, 0.1) is 17.8 Å². The highest BCUT2D eigenvalue weighted by atomic mass is 14.8. The van der Waals surface area contributed by atoms with E-state index in [2.05, 4.69) is 26.2 Å². The molecule has 0 aromatic carbocycles. The van der Waals surface area contributed by atoms with Gasteiger partial charge in [0.25, 0.3) is 0 Å². The van der Waals surface area contributed by atoms with Gasteiger partial charge in [0.1, 0.15) is 0 Å². The van der Waals surface area contributed by atoms with E-state index in [0.29, 0.717) is 0 Å². The summed E-state index contributed by atoms with van der Waals surface area (Å²) in [5.74, 6) is 2.85. The van der Waals surface area contributed by atoms with E-state index in [-0.39, 0.29) is 0 Å². The van der Waals surface area contributed by atoms with Crippen molar-refractivity contribution in [2.24, 2.45) is 17.8 Å². The minimum absolute atomic E-state index is 0.923. The van der Waals surface area contributed by atoms with Crippen LogP contribution >= 0.6 is 0 Å². The monoisotopic (exact) mass is 197 g/mol. The topological polar surface area (TPSA) is 12.0 Å². The molecule has 1 rings (SSSR count). The Labute approximate surface area is 89.7 Å². The van der Waals surface area contributed by atoms with Gasteiger partial charge in [-0.3, -0.25) is 0 Å². The Morgan fingerprint density at radius 1 is 1.21 bits per heavy atom. The van der Waals surface area contributed by atoms with Crippen molar-refractivity contribution in [2.45, 2.75) is 52.4 Å². The van der Waals surface area contributed by atoms with Gasteiger partial charge < -0.3 is 5.32 Å². The van der Waals surface area contributed by atoms with Crippen LogP contribution in [0.15, 0.2) is 0 Å². The Hall–Kier alpha value is -0.0400. The fourth-order valence-electron chi connectivity index (χ4n) is 2.98. The van der Waals surface area contributed by atoms with Crippen LogP contribution in [0.1, 0.15) is 52.4 Å². The van der Waals surface area contributed by atoms with Crippen LogP contribution in [0.4, 0.5) is 0 Å². The normalized spacial score (nSPS) is 31.1. The van der Waals surface area contributed by atoms with Gasteiger partial charge in [-0.25, -0.2) is 0 Å². The van der Waals surface area contributed by atoms with Gasteiger partial charge in [0, 0.05) is 0 Å². The van der Waals surface area contributed by atoms with Crippen molar-refractivity contribution < 1.29 is 0 Å². The minimum atomic E-state index is 0.923. The molecule has 0 aromatic heterocycles. The molecule has 1 saturated carbocycles. The number of rotatable bonds is 4. The quantitative estimate of drug-likeness (QED) is 0.681. The third-order valence-corrected chi connectivity index (χ3v) is 4.06. The van der Waals surface area contributed by atoms with Gasteiger partial charge in [-0.15, -0.1) is 0 Å². The molecule has 0 saturated heterocycles. The average Bonchev–Trinajstić information content (AvgIpc) is 2.43. The van der Waals surface area contributed by atoms with Crippen LogP contribution in [-0.2, 0) is 0 Å². The number of nitrogens with one attached hydrogen (secondary N) is 1. The predicted molar refractivity (Wildman–Crippen MR) is 63.4 cm³/mol. The summed E-state index contributed by atoms with van der Waals surface area (Å²) in [7, 11) is 2.10. The maximum absolute atomic E-state index is 3.37. The van der Waals surface area contributed by atoms with E-state index < -0.39 is 0 Å². The van der Waals surface area contributed by atoms with E-state index >= 15 is 0 Å². The van der Waals surface area contributed by atoms with Crippen molar-refractivity contribution in [1.29, 1.82) is 0 Å². The zero-order chi connectivity index (χ0) is 10.4. The lowest BCUT2D eigenvalue weighted by Gasteiger charge is -2.29. The van der Waals surface area contributed by atoms with E-state index in [4.69, 9.17) is 0 Å². The summed E-state index contributed by atoms with van der Waals surface area (Å²) in [5.41, 5.74) is 0. The summed E-state index contributed by atoms with van der Waals surface area (Å²) in [6.07, 6.45) is 8.67. The first-order chi connectivity index (χ1) is 6.79. The summed E-state index contributed by atoms with van der Waals surface area (Å²) in [6.45, 7) is 6.01. The highest BCUT2D eigenvalue weighted by Crippen LogP contribution is 2.34. The molecule has 1 aliphatic rings. The Morgan fingerprint density at radius 2 is 1.93 bits per heavy atom. The van der Waals surface area contributed by atoms with Crippen LogP contribution < -0.4 is 5.32 Å². The fraction of sp³-hybridized carbons (Fsp3) is 1.00. The lowest BCUT2D eigenvalue weighted by molar-refractivity contribution is 0.217. The third-order valence-electron chi connectivity index (χ3n) is 4.06. The van der Waals surface area contributed by atoms with Crippen molar-refractivity contribution in [3.05, 3.63) is 0 Å². The summed E-state index contributed by atoms with van der Waals surface area (Å²) in [5, 5.41) is 3.37. The number of hydrogen-bond acceptors (Lipinski definition) is 1. The first-order valence-electron chi connectivity index (χ1n) is 6.44. The summed E-state index contributed by atoms with van der Waals surface area (Å²) < 4.78 is 0. The lowest BCUT2D eigenvalue weighted by Crippen LogP contribution is -2.29. The van der Waals surface area contributed by atoms with E-state index in [9.17, 15) is 0 Å². The highest BCUT2D eigenvalue weighted by molar-refractivity contribution is 4.78. The van der Waals surface area contributed by atoms with Crippen LogP contribution in [0.3, 0.4) is 0 Å². The maximum Gasteiger partial charge on any atom is -0.00208 e. The predicted octanol–water partition coefficient (Wildman–Crippen LogP) is 3.45. The smallest absolute Gasteiger partial charge is 0.00208 e. The molecule has 1 N–H and O–H groups in total. The standard InChI is InChI=1S/C13H27N/c1-4-11(2)13-9-7-5-6-8-12(13)10-14-3/h11-14H,4-10H2,1-3H3. The van der Waals surface area contributed by atoms with Crippen molar-refractivity contribution in [3.63, 3.8) is 0 Å². The van der Waals surface area contributed by atoms with Crippen LogP contribution in [0.25, 0.3) is 0 Å². The minimum Gasteiger partial charge on any atom is -0.319 e. The molecule has 1 heteroatoms. The van der Waals surface area contributed by atoms with Crippen molar-refractivity contribution >= 4 is 0 Å². The van der Waals surface area contributed by atoms with Gasteiger partial charge in [0.15, 0.2) is 0 Å². The molecule has 0 bridgehead atoms.